The lowest BCUT2D eigenvalue weighted by Crippen LogP contribution is -2.70. The van der Waals surface area contributed by atoms with E-state index < -0.39 is 36.5 Å². The molecule has 0 saturated carbocycles. The van der Waals surface area contributed by atoms with Crippen molar-refractivity contribution in [3.63, 3.8) is 0 Å². The first-order chi connectivity index (χ1) is 13.1. The standard InChI is InChI=1S/C21H24O6/c1-24-20-17(22)21(23,12-14-8-4-2-5-9-14)18-16(26-20)13-25-19(27-18)15-10-6-3-7-11-15/h2-11,16-20,22-23H,12-13H2,1H3/t16-,17+,18-,19?,20?,21-/m1/s1. The van der Waals surface area contributed by atoms with Crippen LogP contribution in [-0.2, 0) is 25.4 Å². The number of hydrogen-bond donors (Lipinski definition) is 2. The van der Waals surface area contributed by atoms with Gasteiger partial charge in [-0.25, -0.2) is 0 Å². The largest absolute Gasteiger partial charge is 0.385 e. The average Bonchev–Trinajstić information content (AvgIpc) is 2.72. The maximum atomic E-state index is 11.6. The molecular formula is C21H24O6. The van der Waals surface area contributed by atoms with Gasteiger partial charge in [-0.3, -0.25) is 0 Å². The van der Waals surface area contributed by atoms with E-state index in [4.69, 9.17) is 18.9 Å². The van der Waals surface area contributed by atoms with E-state index in [-0.39, 0.29) is 13.0 Å². The van der Waals surface area contributed by atoms with Crippen molar-refractivity contribution in [1.29, 1.82) is 0 Å². The molecule has 6 atom stereocenters. The van der Waals surface area contributed by atoms with Crippen molar-refractivity contribution in [2.24, 2.45) is 0 Å². The van der Waals surface area contributed by atoms with Gasteiger partial charge in [0.05, 0.1) is 6.61 Å². The Morgan fingerprint density at radius 3 is 2.37 bits per heavy atom. The molecule has 2 aromatic carbocycles. The molecule has 0 aliphatic carbocycles. The van der Waals surface area contributed by atoms with Crippen molar-refractivity contribution in [2.45, 2.75) is 42.9 Å². The van der Waals surface area contributed by atoms with Crippen LogP contribution in [0, 0.1) is 0 Å². The lowest BCUT2D eigenvalue weighted by Gasteiger charge is -2.52. The first-order valence-corrected chi connectivity index (χ1v) is 9.06. The second kappa shape index (κ2) is 7.67. The van der Waals surface area contributed by atoms with Gasteiger partial charge in [-0.1, -0.05) is 60.7 Å². The van der Waals surface area contributed by atoms with Crippen molar-refractivity contribution in [1.82, 2.24) is 0 Å². The maximum absolute atomic E-state index is 11.6. The van der Waals surface area contributed by atoms with E-state index in [1.165, 1.54) is 7.11 Å². The SMILES string of the molecule is COC1O[C@@H]2COC(c3ccccc3)O[C@H]2[C@@](O)(Cc2ccccc2)[C@H]1O. The summed E-state index contributed by atoms with van der Waals surface area (Å²) < 4.78 is 23.0. The van der Waals surface area contributed by atoms with Crippen molar-refractivity contribution in [3.8, 4) is 0 Å². The van der Waals surface area contributed by atoms with Gasteiger partial charge in [-0.15, -0.1) is 0 Å². The second-order valence-corrected chi connectivity index (χ2v) is 7.01. The Bertz CT molecular complexity index is 739. The van der Waals surface area contributed by atoms with E-state index in [2.05, 4.69) is 0 Å². The lowest BCUT2D eigenvalue weighted by molar-refractivity contribution is -0.383. The highest BCUT2D eigenvalue weighted by atomic mass is 16.8. The summed E-state index contributed by atoms with van der Waals surface area (Å²) in [6.07, 6.45) is -3.96. The number of rotatable bonds is 4. The zero-order valence-electron chi connectivity index (χ0n) is 15.1. The number of hydrogen-bond acceptors (Lipinski definition) is 6. The van der Waals surface area contributed by atoms with E-state index in [0.717, 1.165) is 11.1 Å². The number of aliphatic hydroxyl groups is 2. The molecule has 2 aliphatic rings. The Labute approximate surface area is 158 Å². The summed E-state index contributed by atoms with van der Waals surface area (Å²) >= 11 is 0. The smallest absolute Gasteiger partial charge is 0.186 e. The Balaban J connectivity index is 1.64. The average molecular weight is 372 g/mol. The molecule has 2 N–H and O–H groups in total. The van der Waals surface area contributed by atoms with Crippen LogP contribution < -0.4 is 0 Å². The molecule has 4 rings (SSSR count). The van der Waals surface area contributed by atoms with Crippen LogP contribution in [0.5, 0.6) is 0 Å². The summed E-state index contributed by atoms with van der Waals surface area (Å²) in [6, 6.07) is 19.0. The molecule has 144 valence electrons. The Kier molecular flexibility index (Phi) is 5.27. The topological polar surface area (TPSA) is 77.4 Å². The second-order valence-electron chi connectivity index (χ2n) is 7.01. The van der Waals surface area contributed by atoms with E-state index in [1.807, 2.05) is 60.7 Å². The molecule has 0 bridgehead atoms. The van der Waals surface area contributed by atoms with Crippen LogP contribution in [0.4, 0.5) is 0 Å². The quantitative estimate of drug-likeness (QED) is 0.852. The first-order valence-electron chi connectivity index (χ1n) is 9.06. The van der Waals surface area contributed by atoms with E-state index in [9.17, 15) is 10.2 Å². The lowest BCUT2D eigenvalue weighted by atomic mass is 9.79. The number of ether oxygens (including phenoxy) is 4. The summed E-state index contributed by atoms with van der Waals surface area (Å²) in [5.41, 5.74) is 0.157. The van der Waals surface area contributed by atoms with Gasteiger partial charge in [0.25, 0.3) is 0 Å². The highest BCUT2D eigenvalue weighted by Crippen LogP contribution is 2.40. The van der Waals surface area contributed by atoms with Gasteiger partial charge in [0, 0.05) is 19.1 Å². The van der Waals surface area contributed by atoms with E-state index >= 15 is 0 Å². The summed E-state index contributed by atoms with van der Waals surface area (Å²) in [6.45, 7) is 0.230. The van der Waals surface area contributed by atoms with Gasteiger partial charge in [-0.05, 0) is 5.56 Å². The molecule has 2 saturated heterocycles. The summed E-state index contributed by atoms with van der Waals surface area (Å²) in [5.74, 6) is 0. The third-order valence-corrected chi connectivity index (χ3v) is 5.23. The van der Waals surface area contributed by atoms with Crippen LogP contribution in [0.25, 0.3) is 0 Å². The zero-order valence-corrected chi connectivity index (χ0v) is 15.1. The van der Waals surface area contributed by atoms with Gasteiger partial charge >= 0.3 is 0 Å². The molecule has 0 amide bonds. The highest BCUT2D eigenvalue weighted by molar-refractivity contribution is 5.21. The van der Waals surface area contributed by atoms with Crippen LogP contribution in [-0.4, -0.2) is 54.1 Å². The number of fused-ring (bicyclic) bond motifs is 1. The molecule has 2 unspecified atom stereocenters. The Morgan fingerprint density at radius 2 is 1.70 bits per heavy atom. The van der Waals surface area contributed by atoms with Gasteiger partial charge in [0.15, 0.2) is 12.6 Å². The predicted octanol–water partition coefficient (Wildman–Crippen LogP) is 1.81. The first kappa shape index (κ1) is 18.6. The predicted molar refractivity (Wildman–Crippen MR) is 96.8 cm³/mol. The molecule has 2 aliphatic heterocycles. The molecule has 2 aromatic rings. The summed E-state index contributed by atoms with van der Waals surface area (Å²) in [7, 11) is 1.44. The van der Waals surface area contributed by atoms with Crippen LogP contribution in [0.2, 0.25) is 0 Å². The zero-order chi connectivity index (χ0) is 18.9. The number of aliphatic hydroxyl groups excluding tert-OH is 1. The summed E-state index contributed by atoms with van der Waals surface area (Å²) in [4.78, 5) is 0. The minimum absolute atomic E-state index is 0.209. The van der Waals surface area contributed by atoms with Crippen LogP contribution in [0.15, 0.2) is 60.7 Å². The van der Waals surface area contributed by atoms with Crippen molar-refractivity contribution < 1.29 is 29.2 Å². The number of methoxy groups -OCH3 is 1. The molecule has 6 nitrogen and oxygen atoms in total. The van der Waals surface area contributed by atoms with Gasteiger partial charge in [0.1, 0.15) is 23.9 Å². The Morgan fingerprint density at radius 1 is 1.04 bits per heavy atom. The van der Waals surface area contributed by atoms with Gasteiger partial charge < -0.3 is 29.2 Å². The molecule has 0 spiro atoms. The van der Waals surface area contributed by atoms with Crippen LogP contribution >= 0.6 is 0 Å². The minimum Gasteiger partial charge on any atom is -0.385 e. The minimum atomic E-state index is -1.58. The fourth-order valence-corrected chi connectivity index (χ4v) is 3.83. The number of benzene rings is 2. The molecule has 6 heteroatoms. The molecule has 27 heavy (non-hydrogen) atoms. The molecular weight excluding hydrogens is 348 g/mol. The fourth-order valence-electron chi connectivity index (χ4n) is 3.83. The van der Waals surface area contributed by atoms with Crippen molar-refractivity contribution in [3.05, 3.63) is 71.8 Å². The molecule has 2 heterocycles. The third kappa shape index (κ3) is 3.52. The molecule has 0 aromatic heterocycles. The van der Waals surface area contributed by atoms with E-state index in [1.54, 1.807) is 0 Å². The molecule has 2 fully saturated rings. The fraction of sp³-hybridized carbons (Fsp3) is 0.429. The normalized spacial score (nSPS) is 36.2. The summed E-state index contributed by atoms with van der Waals surface area (Å²) in [5, 5.41) is 22.4. The molecule has 0 radical (unpaired) electrons. The van der Waals surface area contributed by atoms with Gasteiger partial charge in [0.2, 0.25) is 0 Å². The van der Waals surface area contributed by atoms with Gasteiger partial charge in [-0.2, -0.15) is 0 Å². The van der Waals surface area contributed by atoms with E-state index in [0.29, 0.717) is 0 Å². The highest BCUT2D eigenvalue weighted by Gasteiger charge is 2.58. The van der Waals surface area contributed by atoms with Crippen LogP contribution in [0.1, 0.15) is 17.4 Å². The van der Waals surface area contributed by atoms with Crippen molar-refractivity contribution in [2.75, 3.05) is 13.7 Å². The monoisotopic (exact) mass is 372 g/mol. The third-order valence-electron chi connectivity index (χ3n) is 5.23. The van der Waals surface area contributed by atoms with Crippen molar-refractivity contribution >= 4 is 0 Å². The van der Waals surface area contributed by atoms with Crippen LogP contribution in [0.3, 0.4) is 0 Å². The maximum Gasteiger partial charge on any atom is 0.186 e. The Hall–Kier alpha value is -1.80.